The Labute approximate surface area is 141 Å². The van der Waals surface area contributed by atoms with Crippen molar-refractivity contribution in [2.24, 2.45) is 0 Å². The van der Waals surface area contributed by atoms with Gasteiger partial charge in [0.2, 0.25) is 0 Å². The summed E-state index contributed by atoms with van der Waals surface area (Å²) >= 11 is 0. The fourth-order valence-electron chi connectivity index (χ4n) is 2.92. The summed E-state index contributed by atoms with van der Waals surface area (Å²) in [6, 6.07) is 8.37. The van der Waals surface area contributed by atoms with Crippen LogP contribution in [0.1, 0.15) is 24.0 Å². The fourth-order valence-corrected chi connectivity index (χ4v) is 4.21. The van der Waals surface area contributed by atoms with Crippen LogP contribution in [-0.4, -0.2) is 26.5 Å². The van der Waals surface area contributed by atoms with E-state index in [0.717, 1.165) is 31.6 Å². The Kier molecular flexibility index (Phi) is 4.40. The number of hydrogen-bond acceptors (Lipinski definition) is 5. The molecule has 2 heterocycles. The van der Waals surface area contributed by atoms with Crippen LogP contribution in [0.4, 0.5) is 11.4 Å². The highest BCUT2D eigenvalue weighted by Gasteiger charge is 2.21. The van der Waals surface area contributed by atoms with Gasteiger partial charge >= 0.3 is 0 Å². The van der Waals surface area contributed by atoms with Gasteiger partial charge in [-0.3, -0.25) is 9.71 Å². The third kappa shape index (κ3) is 3.19. The molecule has 0 unspecified atom stereocenters. The lowest BCUT2D eigenvalue weighted by molar-refractivity contribution is 0.600. The van der Waals surface area contributed by atoms with E-state index in [1.807, 2.05) is 12.1 Å². The van der Waals surface area contributed by atoms with Gasteiger partial charge in [-0.25, -0.2) is 8.42 Å². The molecule has 3 rings (SSSR count). The molecular weight excluding hydrogens is 324 g/mol. The monoisotopic (exact) mass is 342 g/mol. The van der Waals surface area contributed by atoms with Crippen molar-refractivity contribution in [1.29, 1.82) is 5.26 Å². The molecule has 0 spiro atoms. The Morgan fingerprint density at radius 2 is 2.00 bits per heavy atom. The van der Waals surface area contributed by atoms with E-state index in [4.69, 9.17) is 5.26 Å². The minimum Gasteiger partial charge on any atom is -0.370 e. The lowest BCUT2D eigenvalue weighted by atomic mass is 10.2. The molecule has 1 aromatic carbocycles. The summed E-state index contributed by atoms with van der Waals surface area (Å²) in [5.41, 5.74) is 2.29. The summed E-state index contributed by atoms with van der Waals surface area (Å²) in [5.74, 6) is 0. The Hall–Kier alpha value is -2.59. The van der Waals surface area contributed by atoms with Gasteiger partial charge in [0.05, 0.1) is 34.1 Å². The molecule has 0 atom stereocenters. The molecule has 1 aliphatic heterocycles. The minimum atomic E-state index is -3.75. The number of aromatic nitrogens is 1. The second-order valence-electron chi connectivity index (χ2n) is 5.78. The Morgan fingerprint density at radius 1 is 1.25 bits per heavy atom. The number of benzene rings is 1. The van der Waals surface area contributed by atoms with E-state index in [9.17, 15) is 8.42 Å². The predicted octanol–water partition coefficient (Wildman–Crippen LogP) is 2.66. The van der Waals surface area contributed by atoms with Crippen molar-refractivity contribution in [2.75, 3.05) is 22.7 Å². The van der Waals surface area contributed by atoms with Gasteiger partial charge in [-0.15, -0.1) is 0 Å². The first-order valence-corrected chi connectivity index (χ1v) is 9.22. The van der Waals surface area contributed by atoms with Gasteiger partial charge in [0.15, 0.2) is 0 Å². The molecule has 1 N–H and O–H groups in total. The second kappa shape index (κ2) is 6.49. The van der Waals surface area contributed by atoms with Crippen LogP contribution in [0.5, 0.6) is 0 Å². The number of aryl methyl sites for hydroxylation is 1. The van der Waals surface area contributed by atoms with Crippen LogP contribution in [0.3, 0.4) is 0 Å². The van der Waals surface area contributed by atoms with E-state index in [2.05, 4.69) is 14.6 Å². The largest absolute Gasteiger partial charge is 0.370 e. The lowest BCUT2D eigenvalue weighted by Crippen LogP contribution is -2.21. The lowest BCUT2D eigenvalue weighted by Gasteiger charge is -2.21. The van der Waals surface area contributed by atoms with Crippen molar-refractivity contribution in [3.05, 3.63) is 47.8 Å². The third-order valence-corrected chi connectivity index (χ3v) is 5.61. The normalized spacial score (nSPS) is 14.4. The molecule has 2 aromatic rings. The quantitative estimate of drug-likeness (QED) is 0.923. The van der Waals surface area contributed by atoms with Crippen molar-refractivity contribution in [3.63, 3.8) is 0 Å². The van der Waals surface area contributed by atoms with Crippen molar-refractivity contribution in [1.82, 2.24) is 4.98 Å². The molecule has 7 heteroatoms. The fraction of sp³-hybridized carbons (Fsp3) is 0.294. The number of nitriles is 1. The van der Waals surface area contributed by atoms with E-state index in [1.165, 1.54) is 18.3 Å². The maximum atomic E-state index is 12.7. The van der Waals surface area contributed by atoms with Gasteiger partial charge in [0, 0.05) is 19.3 Å². The maximum absolute atomic E-state index is 12.7. The number of nitrogens with one attached hydrogen (secondary N) is 1. The zero-order valence-corrected chi connectivity index (χ0v) is 14.2. The van der Waals surface area contributed by atoms with E-state index in [-0.39, 0.29) is 4.90 Å². The Bertz CT molecular complexity index is 897. The summed E-state index contributed by atoms with van der Waals surface area (Å²) in [6.45, 7) is 3.50. The summed E-state index contributed by atoms with van der Waals surface area (Å²) in [7, 11) is -3.75. The van der Waals surface area contributed by atoms with Crippen LogP contribution >= 0.6 is 0 Å². The molecule has 1 fully saturated rings. The highest BCUT2D eigenvalue weighted by molar-refractivity contribution is 7.92. The third-order valence-electron chi connectivity index (χ3n) is 4.08. The van der Waals surface area contributed by atoms with Gasteiger partial charge in [-0.05, 0) is 49.6 Å². The van der Waals surface area contributed by atoms with E-state index < -0.39 is 10.0 Å². The average Bonchev–Trinajstić information content (AvgIpc) is 3.09. The van der Waals surface area contributed by atoms with Crippen molar-refractivity contribution >= 4 is 21.4 Å². The Morgan fingerprint density at radius 3 is 2.67 bits per heavy atom. The highest BCUT2D eigenvalue weighted by atomic mass is 32.2. The molecule has 0 amide bonds. The molecule has 1 aliphatic rings. The average molecular weight is 342 g/mol. The van der Waals surface area contributed by atoms with Gasteiger partial charge in [-0.2, -0.15) is 5.26 Å². The number of sulfonamides is 1. The zero-order valence-electron chi connectivity index (χ0n) is 13.4. The SMILES string of the molecule is Cc1cc(C#N)ccc1S(=O)(=O)Nc1cnccc1N1CCCC1. The highest BCUT2D eigenvalue weighted by Crippen LogP contribution is 2.30. The van der Waals surface area contributed by atoms with Crippen LogP contribution in [0.25, 0.3) is 0 Å². The second-order valence-corrected chi connectivity index (χ2v) is 7.44. The molecule has 0 radical (unpaired) electrons. The van der Waals surface area contributed by atoms with Gasteiger partial charge in [0.25, 0.3) is 10.0 Å². The Balaban J connectivity index is 1.95. The first-order chi connectivity index (χ1) is 11.5. The van der Waals surface area contributed by atoms with E-state index in [0.29, 0.717) is 16.8 Å². The van der Waals surface area contributed by atoms with Gasteiger partial charge in [0.1, 0.15) is 0 Å². The molecule has 1 saturated heterocycles. The van der Waals surface area contributed by atoms with Crippen LogP contribution in [0.2, 0.25) is 0 Å². The first kappa shape index (κ1) is 16.3. The number of rotatable bonds is 4. The van der Waals surface area contributed by atoms with E-state index >= 15 is 0 Å². The molecule has 124 valence electrons. The molecule has 0 aliphatic carbocycles. The van der Waals surface area contributed by atoms with Gasteiger partial charge in [-0.1, -0.05) is 0 Å². The summed E-state index contributed by atoms with van der Waals surface area (Å²) in [5, 5.41) is 8.92. The first-order valence-electron chi connectivity index (χ1n) is 7.74. The number of pyridine rings is 1. The van der Waals surface area contributed by atoms with Crippen LogP contribution in [-0.2, 0) is 10.0 Å². The van der Waals surface area contributed by atoms with Crippen molar-refractivity contribution in [2.45, 2.75) is 24.7 Å². The topological polar surface area (TPSA) is 86.1 Å². The van der Waals surface area contributed by atoms with Crippen molar-refractivity contribution < 1.29 is 8.42 Å². The molecule has 6 nitrogen and oxygen atoms in total. The standard InChI is InChI=1S/C17H18N4O2S/c1-13-10-14(11-18)4-5-17(13)24(22,23)20-15-12-19-7-6-16(15)21-8-2-3-9-21/h4-7,10,12,20H,2-3,8-9H2,1H3. The summed E-state index contributed by atoms with van der Waals surface area (Å²) in [6.07, 6.45) is 5.40. The number of anilines is 2. The molecule has 1 aromatic heterocycles. The number of nitrogens with zero attached hydrogens (tertiary/aromatic N) is 3. The summed E-state index contributed by atoms with van der Waals surface area (Å²) < 4.78 is 28.1. The molecule has 0 saturated carbocycles. The molecular formula is C17H18N4O2S. The van der Waals surface area contributed by atoms with Crippen LogP contribution < -0.4 is 9.62 Å². The molecule has 24 heavy (non-hydrogen) atoms. The van der Waals surface area contributed by atoms with Crippen LogP contribution in [0, 0.1) is 18.3 Å². The van der Waals surface area contributed by atoms with E-state index in [1.54, 1.807) is 19.2 Å². The van der Waals surface area contributed by atoms with Crippen LogP contribution in [0.15, 0.2) is 41.6 Å². The zero-order chi connectivity index (χ0) is 17.2. The van der Waals surface area contributed by atoms with Crippen molar-refractivity contribution in [3.8, 4) is 6.07 Å². The maximum Gasteiger partial charge on any atom is 0.262 e. The summed E-state index contributed by atoms with van der Waals surface area (Å²) in [4.78, 5) is 6.37. The smallest absolute Gasteiger partial charge is 0.262 e. The minimum absolute atomic E-state index is 0.165. The van der Waals surface area contributed by atoms with Gasteiger partial charge < -0.3 is 4.90 Å². The molecule has 0 bridgehead atoms. The predicted molar refractivity (Wildman–Crippen MR) is 92.4 cm³/mol. The number of hydrogen-bond donors (Lipinski definition) is 1.